The van der Waals surface area contributed by atoms with Crippen molar-refractivity contribution in [3.05, 3.63) is 58.0 Å². The largest absolute Gasteiger partial charge is 0.508 e. The fourth-order valence-corrected chi connectivity index (χ4v) is 4.13. The van der Waals surface area contributed by atoms with Gasteiger partial charge in [0.1, 0.15) is 23.7 Å². The first kappa shape index (κ1) is 24.2. The number of aromatic hydroxyl groups is 1. The highest BCUT2D eigenvalue weighted by Gasteiger charge is 2.36. The number of carbonyl (C=O) groups excluding carboxylic acids is 2. The van der Waals surface area contributed by atoms with Gasteiger partial charge in [0.15, 0.2) is 0 Å². The van der Waals surface area contributed by atoms with Crippen LogP contribution in [0.2, 0.25) is 5.02 Å². The van der Waals surface area contributed by atoms with Gasteiger partial charge >= 0.3 is 6.18 Å². The van der Waals surface area contributed by atoms with Crippen LogP contribution < -0.4 is 10.6 Å². The normalized spacial score (nSPS) is 17.6. The highest BCUT2D eigenvalue weighted by molar-refractivity contribution is 6.50. The zero-order valence-electron chi connectivity index (χ0n) is 17.6. The second-order valence-electron chi connectivity index (χ2n) is 8.08. The Morgan fingerprint density at radius 3 is 2.47 bits per heavy atom. The van der Waals surface area contributed by atoms with E-state index in [0.29, 0.717) is 11.3 Å². The number of rotatable bonds is 4. The van der Waals surface area contributed by atoms with Crippen molar-refractivity contribution >= 4 is 45.7 Å². The van der Waals surface area contributed by atoms with Gasteiger partial charge in [-0.2, -0.15) is 13.2 Å². The van der Waals surface area contributed by atoms with Gasteiger partial charge in [-0.05, 0) is 48.6 Å². The quantitative estimate of drug-likeness (QED) is 0.598. The van der Waals surface area contributed by atoms with Gasteiger partial charge in [0, 0.05) is 19.2 Å². The number of benzene rings is 1. The average molecular weight is 515 g/mol. The predicted molar refractivity (Wildman–Crippen MR) is 120 cm³/mol. The second-order valence-corrected chi connectivity index (χ2v) is 8.86. The molecule has 2 aromatic rings. The van der Waals surface area contributed by atoms with E-state index in [2.05, 4.69) is 4.98 Å². The van der Waals surface area contributed by atoms with Gasteiger partial charge in [0.05, 0.1) is 21.4 Å². The van der Waals surface area contributed by atoms with Crippen molar-refractivity contribution in [3.8, 4) is 5.75 Å². The Balaban J connectivity index is 1.56. The Kier molecular flexibility index (Phi) is 6.39. The summed E-state index contributed by atoms with van der Waals surface area (Å²) in [5, 5.41) is 9.25. The summed E-state index contributed by atoms with van der Waals surface area (Å²) < 4.78 is 40.0. The lowest BCUT2D eigenvalue weighted by atomic mass is 10.1. The van der Waals surface area contributed by atoms with Crippen LogP contribution in [0.15, 0.2) is 36.0 Å². The molecule has 180 valence electrons. The molecule has 7 nitrogen and oxygen atoms in total. The molecule has 2 heterocycles. The SMILES string of the molecule is NC(C(=O)N1CCN(c2ccc(O)cc2Cl)C(=O)C1)=C(Cl)c1cc(C2CC2)cc(C(F)(F)F)n1. The van der Waals surface area contributed by atoms with Crippen molar-refractivity contribution in [3.63, 3.8) is 0 Å². The maximum Gasteiger partial charge on any atom is 0.433 e. The lowest BCUT2D eigenvalue weighted by molar-refractivity contribution is -0.141. The number of nitrogens with two attached hydrogens (primary N) is 1. The van der Waals surface area contributed by atoms with E-state index >= 15 is 0 Å². The number of phenolic OH excluding ortho intramolecular Hbond substituents is 1. The first-order chi connectivity index (χ1) is 16.0. The van der Waals surface area contributed by atoms with Crippen molar-refractivity contribution in [2.24, 2.45) is 5.73 Å². The first-order valence-electron chi connectivity index (χ1n) is 10.3. The Morgan fingerprint density at radius 1 is 1.18 bits per heavy atom. The standard InChI is InChI=1S/C22H19Cl2F3N4O3/c23-14-9-13(32)3-4-16(14)31-6-5-30(10-18(31)33)21(34)20(28)19(24)15-7-12(11-1-2-11)8-17(29-15)22(25,26)27/h3-4,7-9,11,32H,1-2,5-6,10,28H2. The molecule has 3 N–H and O–H groups in total. The molecule has 0 unspecified atom stereocenters. The number of hydrogen-bond donors (Lipinski definition) is 2. The van der Waals surface area contributed by atoms with E-state index in [9.17, 15) is 27.9 Å². The summed E-state index contributed by atoms with van der Waals surface area (Å²) >= 11 is 12.3. The Hall–Kier alpha value is -2.98. The van der Waals surface area contributed by atoms with Gasteiger partial charge in [-0.3, -0.25) is 9.59 Å². The molecule has 1 aliphatic heterocycles. The third-order valence-corrected chi connectivity index (χ3v) is 6.31. The van der Waals surface area contributed by atoms with Gasteiger partial charge in [0.25, 0.3) is 5.91 Å². The van der Waals surface area contributed by atoms with E-state index in [-0.39, 0.29) is 42.0 Å². The minimum Gasteiger partial charge on any atom is -0.508 e. The number of amides is 2. The minimum atomic E-state index is -4.69. The smallest absolute Gasteiger partial charge is 0.433 e. The number of alkyl halides is 3. The molecule has 1 saturated carbocycles. The third-order valence-electron chi connectivity index (χ3n) is 5.61. The topological polar surface area (TPSA) is 99.8 Å². The van der Waals surface area contributed by atoms with Crippen LogP contribution in [0.5, 0.6) is 5.75 Å². The predicted octanol–water partition coefficient (Wildman–Crippen LogP) is 4.08. The van der Waals surface area contributed by atoms with E-state index in [1.807, 2.05) is 0 Å². The van der Waals surface area contributed by atoms with E-state index in [0.717, 1.165) is 23.8 Å². The number of carbonyl (C=O) groups is 2. The van der Waals surface area contributed by atoms with Crippen molar-refractivity contribution < 1.29 is 27.9 Å². The van der Waals surface area contributed by atoms with Crippen LogP contribution in [0.4, 0.5) is 18.9 Å². The number of halogens is 5. The Labute approximate surface area is 202 Å². The third kappa shape index (κ3) is 4.92. The summed E-state index contributed by atoms with van der Waals surface area (Å²) in [7, 11) is 0. The maximum absolute atomic E-state index is 13.3. The number of anilines is 1. The highest BCUT2D eigenvalue weighted by atomic mass is 35.5. The molecule has 0 spiro atoms. The minimum absolute atomic E-state index is 0.0123. The summed E-state index contributed by atoms with van der Waals surface area (Å²) in [6.07, 6.45) is -3.17. The number of nitrogens with zero attached hydrogens (tertiary/aromatic N) is 3. The van der Waals surface area contributed by atoms with Crippen molar-refractivity contribution in [1.82, 2.24) is 9.88 Å². The van der Waals surface area contributed by atoms with Crippen LogP contribution in [0, 0.1) is 0 Å². The molecule has 0 bridgehead atoms. The molecule has 0 radical (unpaired) electrons. The molecule has 1 aliphatic carbocycles. The molecule has 4 rings (SSSR count). The van der Waals surface area contributed by atoms with E-state index < -0.39 is 34.4 Å². The van der Waals surface area contributed by atoms with E-state index in [1.165, 1.54) is 29.2 Å². The zero-order valence-corrected chi connectivity index (χ0v) is 19.1. The first-order valence-corrected chi connectivity index (χ1v) is 11.0. The van der Waals surface area contributed by atoms with Crippen LogP contribution >= 0.6 is 23.2 Å². The van der Waals surface area contributed by atoms with Crippen LogP contribution in [0.1, 0.15) is 35.7 Å². The van der Waals surface area contributed by atoms with Gasteiger partial charge in [0.2, 0.25) is 5.91 Å². The summed E-state index contributed by atoms with van der Waals surface area (Å²) in [6, 6.07) is 6.54. The second kappa shape index (κ2) is 8.99. The Bertz CT molecular complexity index is 1200. The molecule has 2 fully saturated rings. The molecular weight excluding hydrogens is 496 g/mol. The van der Waals surface area contributed by atoms with Crippen LogP contribution in [-0.2, 0) is 15.8 Å². The zero-order chi connectivity index (χ0) is 24.8. The van der Waals surface area contributed by atoms with Crippen LogP contribution in [-0.4, -0.2) is 46.4 Å². The summed E-state index contributed by atoms with van der Waals surface area (Å²) in [6.45, 7) is -0.173. The number of aromatic nitrogens is 1. The fraction of sp³-hybridized carbons (Fsp3) is 0.318. The van der Waals surface area contributed by atoms with Crippen LogP contribution in [0.25, 0.3) is 5.03 Å². The van der Waals surface area contributed by atoms with Gasteiger partial charge in [-0.25, -0.2) is 4.98 Å². The molecule has 1 aromatic carbocycles. The monoisotopic (exact) mass is 514 g/mol. The Morgan fingerprint density at radius 2 is 1.88 bits per heavy atom. The van der Waals surface area contributed by atoms with Crippen molar-refractivity contribution in [2.75, 3.05) is 24.5 Å². The molecular formula is C22H19Cl2F3N4O3. The number of piperazine rings is 1. The van der Waals surface area contributed by atoms with Crippen molar-refractivity contribution in [1.29, 1.82) is 0 Å². The maximum atomic E-state index is 13.3. The molecule has 34 heavy (non-hydrogen) atoms. The number of phenols is 1. The van der Waals surface area contributed by atoms with Crippen molar-refractivity contribution in [2.45, 2.75) is 24.9 Å². The van der Waals surface area contributed by atoms with Crippen LogP contribution in [0.3, 0.4) is 0 Å². The molecule has 2 aliphatic rings. The van der Waals surface area contributed by atoms with Gasteiger partial charge in [-0.15, -0.1) is 0 Å². The van der Waals surface area contributed by atoms with E-state index in [1.54, 1.807) is 0 Å². The average Bonchev–Trinajstić information content (AvgIpc) is 3.63. The molecule has 12 heteroatoms. The van der Waals surface area contributed by atoms with Gasteiger partial charge in [-0.1, -0.05) is 23.2 Å². The summed E-state index contributed by atoms with van der Waals surface area (Å²) in [5.74, 6) is -1.32. The molecule has 0 atom stereocenters. The highest BCUT2D eigenvalue weighted by Crippen LogP contribution is 2.43. The fourth-order valence-electron chi connectivity index (χ4n) is 3.68. The number of hydrogen-bond acceptors (Lipinski definition) is 5. The summed E-state index contributed by atoms with van der Waals surface area (Å²) in [5.41, 5.74) is 4.87. The summed E-state index contributed by atoms with van der Waals surface area (Å²) in [4.78, 5) is 31.7. The van der Waals surface area contributed by atoms with Gasteiger partial charge < -0.3 is 20.6 Å². The number of pyridine rings is 1. The van der Waals surface area contributed by atoms with E-state index in [4.69, 9.17) is 28.9 Å². The lowest BCUT2D eigenvalue weighted by Crippen LogP contribution is -2.53. The molecule has 1 aromatic heterocycles. The molecule has 1 saturated heterocycles. The molecule has 2 amide bonds. The lowest BCUT2D eigenvalue weighted by Gasteiger charge is -2.34.